The molecule has 0 aromatic heterocycles. The normalized spacial score (nSPS) is 19.9. The molecule has 2 atom stereocenters. The topological polar surface area (TPSA) is 64.8 Å². The van der Waals surface area contributed by atoms with Gasteiger partial charge in [-0.15, -0.1) is 0 Å². The summed E-state index contributed by atoms with van der Waals surface area (Å²) < 4.78 is 10.7. The highest BCUT2D eigenvalue weighted by Gasteiger charge is 2.36. The van der Waals surface area contributed by atoms with Crippen molar-refractivity contribution in [2.75, 3.05) is 13.7 Å². The number of ether oxygens (including phenoxy) is 2. The highest BCUT2D eigenvalue weighted by atomic mass is 16.6. The van der Waals surface area contributed by atoms with Crippen molar-refractivity contribution in [3.8, 4) is 5.75 Å². The minimum Gasteiger partial charge on any atom is -0.497 e. The molecule has 1 aliphatic rings. The number of nitrogens with two attached hydrogens (primary N) is 1. The molecule has 1 aliphatic heterocycles. The number of methoxy groups -OCH3 is 1. The smallest absolute Gasteiger partial charge is 0.410 e. The van der Waals surface area contributed by atoms with Crippen LogP contribution in [-0.2, 0) is 4.74 Å². The van der Waals surface area contributed by atoms with Crippen LogP contribution in [0.1, 0.15) is 45.2 Å². The largest absolute Gasteiger partial charge is 0.497 e. The minimum absolute atomic E-state index is 0.0399. The Hall–Kier alpha value is -1.75. The average Bonchev–Trinajstić information content (AvgIpc) is 2.94. The summed E-state index contributed by atoms with van der Waals surface area (Å²) in [5, 5.41) is 0. The monoisotopic (exact) mass is 306 g/mol. The Balaban J connectivity index is 2.13. The number of likely N-dealkylation sites (tertiary alicyclic amines) is 1. The van der Waals surface area contributed by atoms with Gasteiger partial charge in [0.25, 0.3) is 0 Å². The summed E-state index contributed by atoms with van der Waals surface area (Å²) in [6.07, 6.45) is 1.55. The quantitative estimate of drug-likeness (QED) is 0.932. The van der Waals surface area contributed by atoms with E-state index in [-0.39, 0.29) is 18.2 Å². The molecule has 0 radical (unpaired) electrons. The first-order chi connectivity index (χ1) is 10.3. The summed E-state index contributed by atoms with van der Waals surface area (Å²) in [6.45, 7) is 6.31. The molecule has 2 N–H and O–H groups in total. The van der Waals surface area contributed by atoms with Gasteiger partial charge in [-0.3, -0.25) is 0 Å². The molecule has 0 saturated carbocycles. The van der Waals surface area contributed by atoms with Crippen LogP contribution in [0.4, 0.5) is 4.79 Å². The lowest BCUT2D eigenvalue weighted by molar-refractivity contribution is 0.0206. The molecule has 1 heterocycles. The average molecular weight is 306 g/mol. The van der Waals surface area contributed by atoms with E-state index in [1.807, 2.05) is 45.0 Å². The van der Waals surface area contributed by atoms with Crippen molar-refractivity contribution in [3.63, 3.8) is 0 Å². The van der Waals surface area contributed by atoms with Crippen LogP contribution in [0.3, 0.4) is 0 Å². The van der Waals surface area contributed by atoms with Gasteiger partial charge in [-0.1, -0.05) is 12.1 Å². The third-order valence-electron chi connectivity index (χ3n) is 3.82. The van der Waals surface area contributed by atoms with Gasteiger partial charge in [0.2, 0.25) is 0 Å². The first kappa shape index (κ1) is 16.6. The number of rotatable bonds is 3. The van der Waals surface area contributed by atoms with Crippen LogP contribution in [0.25, 0.3) is 0 Å². The third kappa shape index (κ3) is 3.91. The molecular formula is C17H26N2O3. The Bertz CT molecular complexity index is 525. The maximum Gasteiger partial charge on any atom is 0.410 e. The second-order valence-electron chi connectivity index (χ2n) is 6.69. The van der Waals surface area contributed by atoms with Gasteiger partial charge in [0.15, 0.2) is 0 Å². The van der Waals surface area contributed by atoms with Crippen LogP contribution in [0.15, 0.2) is 24.3 Å². The summed E-state index contributed by atoms with van der Waals surface area (Å²) in [5.41, 5.74) is 6.89. The standard InChI is InChI=1S/C17H26N2O3/c1-17(2,3)22-16(20)19-10-6-9-14(19)15(18)12-7-5-8-13(11-12)21-4/h5,7-8,11,14-15H,6,9-10,18H2,1-4H3. The molecule has 1 amide bonds. The van der Waals surface area contributed by atoms with Crippen LogP contribution in [0.5, 0.6) is 5.75 Å². The lowest BCUT2D eigenvalue weighted by atomic mass is 9.98. The third-order valence-corrected chi connectivity index (χ3v) is 3.82. The summed E-state index contributed by atoms with van der Waals surface area (Å²) in [7, 11) is 1.63. The summed E-state index contributed by atoms with van der Waals surface area (Å²) >= 11 is 0. The maximum absolute atomic E-state index is 12.4. The van der Waals surface area contributed by atoms with Gasteiger partial charge in [0, 0.05) is 6.54 Å². The lowest BCUT2D eigenvalue weighted by Crippen LogP contribution is -2.44. The molecule has 5 heteroatoms. The van der Waals surface area contributed by atoms with Crippen LogP contribution >= 0.6 is 0 Å². The first-order valence-electron chi connectivity index (χ1n) is 7.71. The number of carbonyl (C=O) groups is 1. The maximum atomic E-state index is 12.4. The minimum atomic E-state index is -0.496. The van der Waals surface area contributed by atoms with Crippen molar-refractivity contribution in [2.45, 2.75) is 51.3 Å². The van der Waals surface area contributed by atoms with Gasteiger partial charge in [-0.05, 0) is 51.3 Å². The molecule has 122 valence electrons. The Morgan fingerprint density at radius 3 is 2.77 bits per heavy atom. The molecule has 0 aliphatic carbocycles. The van der Waals surface area contributed by atoms with Gasteiger partial charge in [-0.25, -0.2) is 4.79 Å². The van der Waals surface area contributed by atoms with Crippen molar-refractivity contribution in [1.82, 2.24) is 4.90 Å². The summed E-state index contributed by atoms with van der Waals surface area (Å²) in [5.74, 6) is 0.773. The van der Waals surface area contributed by atoms with Gasteiger partial charge < -0.3 is 20.1 Å². The molecular weight excluding hydrogens is 280 g/mol. The molecule has 0 spiro atoms. The highest BCUT2D eigenvalue weighted by molar-refractivity contribution is 5.69. The van der Waals surface area contributed by atoms with E-state index in [0.717, 1.165) is 24.2 Å². The highest BCUT2D eigenvalue weighted by Crippen LogP contribution is 2.30. The van der Waals surface area contributed by atoms with E-state index in [1.54, 1.807) is 12.0 Å². The zero-order valence-electron chi connectivity index (χ0n) is 13.8. The van der Waals surface area contributed by atoms with E-state index in [2.05, 4.69) is 0 Å². The van der Waals surface area contributed by atoms with Crippen molar-refractivity contribution in [3.05, 3.63) is 29.8 Å². The Labute approximate surface area is 132 Å². The van der Waals surface area contributed by atoms with E-state index in [1.165, 1.54) is 0 Å². The predicted molar refractivity (Wildman–Crippen MR) is 85.9 cm³/mol. The number of hydrogen-bond donors (Lipinski definition) is 1. The molecule has 22 heavy (non-hydrogen) atoms. The number of amides is 1. The molecule has 2 rings (SSSR count). The second kappa shape index (κ2) is 6.57. The lowest BCUT2D eigenvalue weighted by Gasteiger charge is -2.31. The summed E-state index contributed by atoms with van der Waals surface area (Å²) in [4.78, 5) is 14.1. The van der Waals surface area contributed by atoms with Gasteiger partial charge in [0.05, 0.1) is 19.2 Å². The van der Waals surface area contributed by atoms with Crippen molar-refractivity contribution < 1.29 is 14.3 Å². The predicted octanol–water partition coefficient (Wildman–Crippen LogP) is 3.09. The molecule has 2 unspecified atom stereocenters. The van der Waals surface area contributed by atoms with Gasteiger partial charge >= 0.3 is 6.09 Å². The number of carbonyl (C=O) groups excluding carboxylic acids is 1. The van der Waals surface area contributed by atoms with Crippen LogP contribution in [0, 0.1) is 0 Å². The molecule has 1 aromatic carbocycles. The fraction of sp³-hybridized carbons (Fsp3) is 0.588. The van der Waals surface area contributed by atoms with Crippen LogP contribution < -0.4 is 10.5 Å². The molecule has 5 nitrogen and oxygen atoms in total. The fourth-order valence-electron chi connectivity index (χ4n) is 2.78. The van der Waals surface area contributed by atoms with Gasteiger partial charge in [0.1, 0.15) is 11.4 Å². The SMILES string of the molecule is COc1cccc(C(N)C2CCCN2C(=O)OC(C)(C)C)c1. The van der Waals surface area contributed by atoms with Gasteiger partial charge in [-0.2, -0.15) is 0 Å². The van der Waals surface area contributed by atoms with Crippen LogP contribution in [-0.4, -0.2) is 36.3 Å². The number of benzene rings is 1. The Kier molecular flexibility index (Phi) is 4.96. The number of hydrogen-bond acceptors (Lipinski definition) is 4. The zero-order valence-corrected chi connectivity index (χ0v) is 13.8. The van der Waals surface area contributed by atoms with E-state index < -0.39 is 5.60 Å². The fourth-order valence-corrected chi connectivity index (χ4v) is 2.78. The van der Waals surface area contributed by atoms with E-state index in [9.17, 15) is 4.79 Å². The Morgan fingerprint density at radius 2 is 2.14 bits per heavy atom. The van der Waals surface area contributed by atoms with E-state index in [0.29, 0.717) is 6.54 Å². The molecule has 0 bridgehead atoms. The zero-order chi connectivity index (χ0) is 16.3. The van der Waals surface area contributed by atoms with E-state index >= 15 is 0 Å². The summed E-state index contributed by atoms with van der Waals surface area (Å²) in [6, 6.07) is 7.42. The second-order valence-corrected chi connectivity index (χ2v) is 6.69. The molecule has 1 aromatic rings. The number of nitrogens with zero attached hydrogens (tertiary/aromatic N) is 1. The van der Waals surface area contributed by atoms with Crippen molar-refractivity contribution >= 4 is 6.09 Å². The van der Waals surface area contributed by atoms with E-state index in [4.69, 9.17) is 15.2 Å². The molecule has 1 saturated heterocycles. The van der Waals surface area contributed by atoms with Crippen molar-refractivity contribution in [1.29, 1.82) is 0 Å². The van der Waals surface area contributed by atoms with Crippen LogP contribution in [0.2, 0.25) is 0 Å². The Morgan fingerprint density at radius 1 is 1.41 bits per heavy atom. The first-order valence-corrected chi connectivity index (χ1v) is 7.71. The van der Waals surface area contributed by atoms with Crippen molar-refractivity contribution in [2.24, 2.45) is 5.73 Å². The molecule has 1 fully saturated rings.